The van der Waals surface area contributed by atoms with Crippen molar-refractivity contribution >= 4 is 29.1 Å². The van der Waals surface area contributed by atoms with Crippen molar-refractivity contribution in [2.45, 2.75) is 25.0 Å². The Hall–Kier alpha value is -1.78. The third-order valence-electron chi connectivity index (χ3n) is 3.47. The Labute approximate surface area is 143 Å². The molecule has 1 saturated carbocycles. The van der Waals surface area contributed by atoms with E-state index in [9.17, 15) is 9.18 Å². The van der Waals surface area contributed by atoms with Crippen LogP contribution in [0.3, 0.4) is 0 Å². The number of carbonyl (C=O) groups excluding carboxylic acids is 1. The van der Waals surface area contributed by atoms with Gasteiger partial charge in [0.15, 0.2) is 0 Å². The zero-order valence-corrected chi connectivity index (χ0v) is 13.6. The highest BCUT2D eigenvalue weighted by Gasteiger charge is 2.30. The van der Waals surface area contributed by atoms with Crippen LogP contribution in [0.1, 0.15) is 24.5 Å². The average molecular weight is 354 g/mol. The summed E-state index contributed by atoms with van der Waals surface area (Å²) < 4.78 is 18.9. The van der Waals surface area contributed by atoms with Crippen LogP contribution in [0.5, 0.6) is 5.75 Å². The molecule has 1 N–H and O–H groups in total. The molecule has 1 aliphatic carbocycles. The van der Waals surface area contributed by atoms with Gasteiger partial charge in [0.1, 0.15) is 11.6 Å². The van der Waals surface area contributed by atoms with E-state index in [-0.39, 0.29) is 17.8 Å². The minimum Gasteiger partial charge on any atom is -0.474 e. The van der Waals surface area contributed by atoms with E-state index in [1.165, 1.54) is 24.3 Å². The fraction of sp³-hybridized carbons (Fsp3) is 0.235. The molecule has 1 atom stereocenters. The first kappa shape index (κ1) is 16.1. The van der Waals surface area contributed by atoms with E-state index in [1.54, 1.807) is 18.2 Å². The predicted octanol–water partition coefficient (Wildman–Crippen LogP) is 4.53. The monoisotopic (exact) mass is 353 g/mol. The van der Waals surface area contributed by atoms with Crippen LogP contribution in [0.15, 0.2) is 42.5 Å². The number of halogens is 3. The molecule has 0 bridgehead atoms. The molecule has 3 rings (SSSR count). The Morgan fingerprint density at radius 3 is 2.52 bits per heavy atom. The van der Waals surface area contributed by atoms with Gasteiger partial charge in [-0.25, -0.2) is 4.39 Å². The quantitative estimate of drug-likeness (QED) is 0.857. The number of rotatable bonds is 5. The summed E-state index contributed by atoms with van der Waals surface area (Å²) in [5.74, 6) is -0.356. The first-order valence-electron chi connectivity index (χ1n) is 7.20. The summed E-state index contributed by atoms with van der Waals surface area (Å²) >= 11 is 12.1. The van der Waals surface area contributed by atoms with Crippen LogP contribution >= 0.6 is 23.2 Å². The van der Waals surface area contributed by atoms with Gasteiger partial charge in [0.25, 0.3) is 5.91 Å². The second-order valence-corrected chi connectivity index (χ2v) is 6.25. The second-order valence-electron chi connectivity index (χ2n) is 5.41. The van der Waals surface area contributed by atoms with Crippen LogP contribution in [0.25, 0.3) is 0 Å². The lowest BCUT2D eigenvalue weighted by Crippen LogP contribution is -2.33. The standard InChI is InChI=1S/C17H14Cl2FNO2/c18-11-3-8-14(19)15(9-11)23-16(17(22)21-13-6-7-13)10-1-4-12(20)5-2-10/h1-5,8-9,13,16H,6-7H2,(H,21,22)/t16-/m0/s1. The zero-order chi connectivity index (χ0) is 16.4. The number of hydrogen-bond donors (Lipinski definition) is 1. The van der Waals surface area contributed by atoms with E-state index in [0.717, 1.165) is 12.8 Å². The van der Waals surface area contributed by atoms with Gasteiger partial charge in [-0.05, 0) is 37.1 Å². The fourth-order valence-corrected chi connectivity index (χ4v) is 2.43. The highest BCUT2D eigenvalue weighted by Crippen LogP contribution is 2.32. The normalized spacial score (nSPS) is 15.1. The van der Waals surface area contributed by atoms with Crippen molar-refractivity contribution in [3.8, 4) is 5.75 Å². The van der Waals surface area contributed by atoms with E-state index < -0.39 is 6.10 Å². The maximum Gasteiger partial charge on any atom is 0.266 e. The summed E-state index contributed by atoms with van der Waals surface area (Å²) in [7, 11) is 0. The molecule has 0 spiro atoms. The molecule has 2 aromatic rings. The topological polar surface area (TPSA) is 38.3 Å². The van der Waals surface area contributed by atoms with Gasteiger partial charge in [-0.15, -0.1) is 0 Å². The fourth-order valence-electron chi connectivity index (χ4n) is 2.11. The Bertz CT molecular complexity index is 717. The van der Waals surface area contributed by atoms with Crippen LogP contribution in [-0.2, 0) is 4.79 Å². The zero-order valence-electron chi connectivity index (χ0n) is 12.1. The molecule has 2 aromatic carbocycles. The molecule has 0 heterocycles. The van der Waals surface area contributed by atoms with Crippen molar-refractivity contribution in [2.75, 3.05) is 0 Å². The van der Waals surface area contributed by atoms with Crippen molar-refractivity contribution in [2.24, 2.45) is 0 Å². The van der Waals surface area contributed by atoms with Gasteiger partial charge in [0.2, 0.25) is 6.10 Å². The summed E-state index contributed by atoms with van der Waals surface area (Å²) in [5, 5.41) is 3.68. The van der Waals surface area contributed by atoms with Crippen molar-refractivity contribution < 1.29 is 13.9 Å². The van der Waals surface area contributed by atoms with Gasteiger partial charge in [-0.1, -0.05) is 35.3 Å². The van der Waals surface area contributed by atoms with Gasteiger partial charge in [0, 0.05) is 22.7 Å². The minimum absolute atomic E-state index is 0.184. The molecule has 0 unspecified atom stereocenters. The van der Waals surface area contributed by atoms with E-state index in [0.29, 0.717) is 21.4 Å². The lowest BCUT2D eigenvalue weighted by Gasteiger charge is -2.20. The number of hydrogen-bond acceptors (Lipinski definition) is 2. The molecule has 1 amide bonds. The van der Waals surface area contributed by atoms with Crippen LogP contribution in [0.2, 0.25) is 10.0 Å². The predicted molar refractivity (Wildman–Crippen MR) is 87.4 cm³/mol. The van der Waals surface area contributed by atoms with Crippen LogP contribution in [-0.4, -0.2) is 11.9 Å². The SMILES string of the molecule is O=C(NC1CC1)[C@@H](Oc1cc(Cl)ccc1Cl)c1ccc(F)cc1. The van der Waals surface area contributed by atoms with Crippen molar-refractivity contribution in [1.82, 2.24) is 5.32 Å². The summed E-state index contributed by atoms with van der Waals surface area (Å²) in [6, 6.07) is 10.6. The highest BCUT2D eigenvalue weighted by molar-refractivity contribution is 6.34. The van der Waals surface area contributed by atoms with E-state index in [4.69, 9.17) is 27.9 Å². The van der Waals surface area contributed by atoms with E-state index in [1.807, 2.05) is 0 Å². The molecule has 1 aliphatic rings. The Morgan fingerprint density at radius 2 is 1.87 bits per heavy atom. The number of carbonyl (C=O) groups is 1. The molecule has 6 heteroatoms. The first-order chi connectivity index (χ1) is 11.0. The lowest BCUT2D eigenvalue weighted by molar-refractivity contribution is -0.128. The smallest absolute Gasteiger partial charge is 0.266 e. The number of nitrogens with one attached hydrogen (secondary N) is 1. The minimum atomic E-state index is -0.924. The molecule has 0 radical (unpaired) electrons. The Kier molecular flexibility index (Phi) is 4.74. The largest absolute Gasteiger partial charge is 0.474 e. The van der Waals surface area contributed by atoms with Gasteiger partial charge < -0.3 is 10.1 Å². The van der Waals surface area contributed by atoms with Gasteiger partial charge in [-0.3, -0.25) is 4.79 Å². The molecular weight excluding hydrogens is 340 g/mol. The third kappa shape index (κ3) is 4.15. The average Bonchev–Trinajstić information content (AvgIpc) is 3.33. The summed E-state index contributed by atoms with van der Waals surface area (Å²) in [6.45, 7) is 0. The number of benzene rings is 2. The van der Waals surface area contributed by atoms with Gasteiger partial charge >= 0.3 is 0 Å². The molecule has 1 fully saturated rings. The highest BCUT2D eigenvalue weighted by atomic mass is 35.5. The second kappa shape index (κ2) is 6.77. The van der Waals surface area contributed by atoms with Crippen molar-refractivity contribution in [3.05, 3.63) is 63.9 Å². The summed E-state index contributed by atoms with van der Waals surface area (Å²) in [5.41, 5.74) is 0.542. The molecule has 0 aliphatic heterocycles. The Balaban J connectivity index is 1.88. The van der Waals surface area contributed by atoms with Crippen LogP contribution in [0, 0.1) is 5.82 Å². The molecule has 3 nitrogen and oxygen atoms in total. The van der Waals surface area contributed by atoms with Crippen LogP contribution < -0.4 is 10.1 Å². The third-order valence-corrected chi connectivity index (χ3v) is 4.02. The molecular formula is C17H14Cl2FNO2. The van der Waals surface area contributed by atoms with Crippen molar-refractivity contribution in [3.63, 3.8) is 0 Å². The molecule has 0 saturated heterocycles. The van der Waals surface area contributed by atoms with Crippen molar-refractivity contribution in [1.29, 1.82) is 0 Å². The van der Waals surface area contributed by atoms with E-state index in [2.05, 4.69) is 5.32 Å². The maximum absolute atomic E-state index is 13.1. The maximum atomic E-state index is 13.1. The number of ether oxygens (including phenoxy) is 1. The number of amides is 1. The van der Waals surface area contributed by atoms with Gasteiger partial charge in [0.05, 0.1) is 5.02 Å². The van der Waals surface area contributed by atoms with Crippen LogP contribution in [0.4, 0.5) is 4.39 Å². The van der Waals surface area contributed by atoms with E-state index >= 15 is 0 Å². The van der Waals surface area contributed by atoms with Gasteiger partial charge in [-0.2, -0.15) is 0 Å². The molecule has 23 heavy (non-hydrogen) atoms. The summed E-state index contributed by atoms with van der Waals surface area (Å²) in [6.07, 6.45) is 0.992. The Morgan fingerprint density at radius 1 is 1.17 bits per heavy atom. The molecule has 0 aromatic heterocycles. The summed E-state index contributed by atoms with van der Waals surface area (Å²) in [4.78, 5) is 12.5. The molecule has 120 valence electrons. The lowest BCUT2D eigenvalue weighted by atomic mass is 10.1. The first-order valence-corrected chi connectivity index (χ1v) is 7.96.